The van der Waals surface area contributed by atoms with E-state index in [9.17, 15) is 0 Å². The molecular weight excluding hydrogens is 155 g/mol. The van der Waals surface area contributed by atoms with Crippen LogP contribution in [0.25, 0.3) is 0 Å². The Kier molecular flexibility index (Phi) is 11.9. The fourth-order valence-electron chi connectivity index (χ4n) is 0.428. The van der Waals surface area contributed by atoms with Crippen LogP contribution in [-0.2, 0) is 4.79 Å². The van der Waals surface area contributed by atoms with Crippen LogP contribution in [0.3, 0.4) is 0 Å². The summed E-state index contributed by atoms with van der Waals surface area (Å²) >= 11 is 4.08. The number of carbonyl (C=O) groups excluding carboxylic acids is 1. The number of thiol groups is 1. The second-order valence-electron chi connectivity index (χ2n) is 1.34. The average Bonchev–Trinajstić information content (AvgIpc) is 1.94. The van der Waals surface area contributed by atoms with E-state index in [1.807, 2.05) is 37.1 Å². The van der Waals surface area contributed by atoms with Gasteiger partial charge in [0.05, 0.1) is 0 Å². The number of rotatable bonds is 0. The van der Waals surface area contributed by atoms with Gasteiger partial charge in [-0.25, -0.2) is 0 Å². The van der Waals surface area contributed by atoms with Crippen molar-refractivity contribution in [2.75, 3.05) is 0 Å². The quantitative estimate of drug-likeness (QED) is 0.449. The van der Waals surface area contributed by atoms with E-state index < -0.39 is 0 Å². The van der Waals surface area contributed by atoms with Gasteiger partial charge >= 0.3 is 29.6 Å². The third kappa shape index (κ3) is 6.36. The Labute approximate surface area is 88.5 Å². The van der Waals surface area contributed by atoms with Gasteiger partial charge in [0.1, 0.15) is 6.79 Å². The van der Waals surface area contributed by atoms with Gasteiger partial charge in [-0.05, 0) is 12.1 Å². The first-order valence-electron chi connectivity index (χ1n) is 2.42. The van der Waals surface area contributed by atoms with E-state index in [1.165, 1.54) is 0 Å². The van der Waals surface area contributed by atoms with Gasteiger partial charge in [0.2, 0.25) is 0 Å². The molecule has 0 fully saturated rings. The summed E-state index contributed by atoms with van der Waals surface area (Å²) in [6, 6.07) is 9.79. The fraction of sp³-hybridized carbons (Fsp3) is 0. The zero-order chi connectivity index (χ0) is 7.11. The molecule has 0 atom stereocenters. The van der Waals surface area contributed by atoms with Crippen LogP contribution in [0.4, 0.5) is 0 Å². The van der Waals surface area contributed by atoms with Gasteiger partial charge < -0.3 is 4.79 Å². The van der Waals surface area contributed by atoms with Crippen molar-refractivity contribution >= 4 is 49.0 Å². The Hall–Kier alpha value is 0.240. The van der Waals surface area contributed by atoms with Crippen molar-refractivity contribution in [3.8, 4) is 0 Å². The van der Waals surface area contributed by atoms with Crippen molar-refractivity contribution in [3.05, 3.63) is 30.3 Å². The monoisotopic (exact) mass is 164 g/mol. The first kappa shape index (κ1) is 12.9. The molecule has 1 nitrogen and oxygen atoms in total. The second kappa shape index (κ2) is 9.24. The predicted molar refractivity (Wildman–Crippen MR) is 48.0 cm³/mol. The van der Waals surface area contributed by atoms with Gasteiger partial charge in [0.15, 0.2) is 0 Å². The van der Waals surface area contributed by atoms with E-state index in [2.05, 4.69) is 12.6 Å². The first-order chi connectivity index (χ1) is 4.39. The van der Waals surface area contributed by atoms with Crippen LogP contribution in [0.2, 0.25) is 0 Å². The normalized spacial score (nSPS) is 6.50. The van der Waals surface area contributed by atoms with Crippen molar-refractivity contribution in [2.24, 2.45) is 0 Å². The molecule has 0 saturated carbocycles. The maximum absolute atomic E-state index is 8.00. The summed E-state index contributed by atoms with van der Waals surface area (Å²) in [4.78, 5) is 9.02. The van der Waals surface area contributed by atoms with Crippen molar-refractivity contribution in [1.29, 1.82) is 0 Å². The van der Waals surface area contributed by atoms with Crippen molar-refractivity contribution in [1.82, 2.24) is 0 Å². The van der Waals surface area contributed by atoms with E-state index in [1.54, 1.807) is 0 Å². The van der Waals surface area contributed by atoms with E-state index in [0.717, 1.165) is 4.90 Å². The van der Waals surface area contributed by atoms with Crippen molar-refractivity contribution in [2.45, 2.75) is 4.90 Å². The molecule has 1 aromatic carbocycles. The zero-order valence-corrected chi connectivity index (χ0v) is 5.84. The molecule has 0 aromatic heterocycles. The predicted octanol–water partition coefficient (Wildman–Crippen LogP) is 1.14. The number of carbonyl (C=O) groups is 1. The Morgan fingerprint density at radius 1 is 1.10 bits per heavy atom. The van der Waals surface area contributed by atoms with Crippen LogP contribution >= 0.6 is 12.6 Å². The molecule has 0 saturated heterocycles. The molecule has 0 unspecified atom stereocenters. The van der Waals surface area contributed by atoms with E-state index in [-0.39, 0.29) is 29.6 Å². The number of hydrogen-bond donors (Lipinski definition) is 1. The summed E-state index contributed by atoms with van der Waals surface area (Å²) in [6.45, 7) is 2.00. The molecule has 0 spiro atoms. The van der Waals surface area contributed by atoms with Gasteiger partial charge in [-0.1, -0.05) is 18.2 Å². The van der Waals surface area contributed by atoms with Gasteiger partial charge in [-0.3, -0.25) is 0 Å². The van der Waals surface area contributed by atoms with E-state index in [4.69, 9.17) is 4.79 Å². The zero-order valence-electron chi connectivity index (χ0n) is 4.95. The molecule has 0 bridgehead atoms. The molecule has 10 heavy (non-hydrogen) atoms. The average molecular weight is 164 g/mol. The van der Waals surface area contributed by atoms with Crippen LogP contribution in [0, 0.1) is 0 Å². The molecule has 1 rings (SSSR count). The topological polar surface area (TPSA) is 17.1 Å². The molecule has 0 amide bonds. The van der Waals surface area contributed by atoms with Crippen molar-refractivity contribution < 1.29 is 4.79 Å². The van der Waals surface area contributed by atoms with Gasteiger partial charge in [-0.2, -0.15) is 0 Å². The Bertz CT molecular complexity index is 155. The Balaban J connectivity index is 0. The van der Waals surface area contributed by atoms with Gasteiger partial charge in [-0.15, -0.1) is 12.6 Å². The summed E-state index contributed by atoms with van der Waals surface area (Å²) in [5.41, 5.74) is 0. The molecule has 3 heteroatoms. The summed E-state index contributed by atoms with van der Waals surface area (Å²) in [7, 11) is 0. The first-order valence-corrected chi connectivity index (χ1v) is 2.87. The molecule has 0 aliphatic carbocycles. The van der Waals surface area contributed by atoms with Crippen LogP contribution in [0.5, 0.6) is 0 Å². The standard InChI is InChI=1S/C6H6S.CH2O.Na.H/c7-6-4-2-1-3-5-6;1-2;;/h1-5,7H;1H2;;. The van der Waals surface area contributed by atoms with Crippen molar-refractivity contribution in [3.63, 3.8) is 0 Å². The number of benzene rings is 1. The van der Waals surface area contributed by atoms with Crippen LogP contribution in [0.15, 0.2) is 35.2 Å². The maximum atomic E-state index is 8.00. The second-order valence-corrected chi connectivity index (χ2v) is 1.85. The molecular formula is C7H9NaOS. The van der Waals surface area contributed by atoms with E-state index in [0.29, 0.717) is 0 Å². The minimum atomic E-state index is 0. The summed E-state index contributed by atoms with van der Waals surface area (Å²) in [6.07, 6.45) is 0. The molecule has 1 aromatic rings. The minimum absolute atomic E-state index is 0. The Morgan fingerprint density at radius 3 is 1.70 bits per heavy atom. The summed E-state index contributed by atoms with van der Waals surface area (Å²) in [5, 5.41) is 0. The SMILES string of the molecule is C=O.Sc1ccccc1.[NaH]. The van der Waals surface area contributed by atoms with Crippen LogP contribution in [-0.4, -0.2) is 36.3 Å². The fourth-order valence-corrected chi connectivity index (χ4v) is 0.600. The van der Waals surface area contributed by atoms with Gasteiger partial charge in [0.25, 0.3) is 0 Å². The van der Waals surface area contributed by atoms with Crippen LogP contribution in [0.1, 0.15) is 0 Å². The summed E-state index contributed by atoms with van der Waals surface area (Å²) in [5.74, 6) is 0. The third-order valence-electron chi connectivity index (χ3n) is 0.756. The van der Waals surface area contributed by atoms with Gasteiger partial charge in [0, 0.05) is 4.90 Å². The van der Waals surface area contributed by atoms with E-state index >= 15 is 0 Å². The summed E-state index contributed by atoms with van der Waals surface area (Å²) < 4.78 is 0. The third-order valence-corrected chi connectivity index (χ3v) is 1.05. The Morgan fingerprint density at radius 2 is 1.50 bits per heavy atom. The number of hydrogen-bond acceptors (Lipinski definition) is 2. The molecule has 0 aliphatic rings. The molecule has 50 valence electrons. The molecule has 0 aliphatic heterocycles. The molecule has 0 radical (unpaired) electrons. The molecule has 0 N–H and O–H groups in total. The molecule has 0 heterocycles. The van der Waals surface area contributed by atoms with Crippen LogP contribution < -0.4 is 0 Å².